The summed E-state index contributed by atoms with van der Waals surface area (Å²) in [4.78, 5) is 20.1. The van der Waals surface area contributed by atoms with Gasteiger partial charge in [0.05, 0.1) is 42.3 Å². The monoisotopic (exact) mass is 832 g/mol. The maximum absolute atomic E-state index is 12.8. The van der Waals surface area contributed by atoms with E-state index in [2.05, 4.69) is 9.97 Å². The number of benzene rings is 2. The Hall–Kier alpha value is -2.92. The minimum Gasteiger partial charge on any atom is -0.491 e. The summed E-state index contributed by atoms with van der Waals surface area (Å²) >= 11 is -5.94. The molecule has 0 amide bonds. The van der Waals surface area contributed by atoms with E-state index in [1.165, 1.54) is 36.4 Å². The second-order valence-corrected chi connectivity index (χ2v) is 12.6. The van der Waals surface area contributed by atoms with Crippen molar-refractivity contribution in [3.8, 4) is 34.0 Å². The van der Waals surface area contributed by atoms with Crippen LogP contribution in [0, 0.1) is 0 Å². The standard InChI is InChI=1S/C16H14F3NO3.C15H10F3NO2.IO4.Na/c17-16(18,19)11-3-1-2-10(8-11)12-4-5-13-14(20-12)15(22,9-21)6-7-23-13;16-15(17,18)10-3-1-2-9(8-10)11-4-5-13-14(19-11)12(20)6-7-21-13;2-1(3,4)5;/h1-5,8,21-22H,6-7,9H2;1-5,8H,6-7H2;;/q;;-1;+1. The van der Waals surface area contributed by atoms with E-state index >= 15 is 0 Å². The predicted molar refractivity (Wildman–Crippen MR) is 145 cm³/mol. The Labute approximate surface area is 308 Å². The molecule has 0 saturated heterocycles. The van der Waals surface area contributed by atoms with E-state index < -0.39 is 55.8 Å². The summed E-state index contributed by atoms with van der Waals surface area (Å²) in [6.45, 7) is -0.00648. The molecule has 0 spiro atoms. The molecule has 2 aromatic carbocycles. The number of aromatic nitrogens is 2. The Morgan fingerprint density at radius 1 is 0.760 bits per heavy atom. The van der Waals surface area contributed by atoms with Gasteiger partial charge in [-0.25, -0.2) is 9.97 Å². The van der Waals surface area contributed by atoms with Gasteiger partial charge in [0.25, 0.3) is 0 Å². The number of halogens is 7. The van der Waals surface area contributed by atoms with Gasteiger partial charge in [-0.1, -0.05) is 24.3 Å². The number of aliphatic hydroxyl groups is 2. The van der Waals surface area contributed by atoms with E-state index in [9.17, 15) is 41.4 Å². The first kappa shape index (κ1) is 41.5. The second kappa shape index (κ2) is 16.6. The van der Waals surface area contributed by atoms with Crippen molar-refractivity contribution in [3.05, 3.63) is 95.3 Å². The molecule has 0 saturated carbocycles. The minimum atomic E-state index is -5.94. The van der Waals surface area contributed by atoms with Gasteiger partial charge in [-0.05, 0) is 48.5 Å². The molecule has 4 heterocycles. The van der Waals surface area contributed by atoms with E-state index in [4.69, 9.17) is 23.2 Å². The number of ether oxygens (including phenoxy) is 2. The fourth-order valence-electron chi connectivity index (χ4n) is 4.66. The van der Waals surface area contributed by atoms with Crippen LogP contribution in [0.25, 0.3) is 22.5 Å². The number of rotatable bonds is 3. The molecule has 4 aromatic rings. The van der Waals surface area contributed by atoms with Crippen LogP contribution in [0.4, 0.5) is 26.3 Å². The molecule has 1 unspecified atom stereocenters. The van der Waals surface area contributed by atoms with Crippen LogP contribution in [0.5, 0.6) is 11.5 Å². The molecule has 2 aliphatic heterocycles. The van der Waals surface area contributed by atoms with E-state index in [0.29, 0.717) is 29.4 Å². The minimum absolute atomic E-state index is 0. The number of hydrogen-bond acceptors (Lipinski definition) is 11. The molecule has 19 heteroatoms. The topological polar surface area (TPSA) is 194 Å². The maximum Gasteiger partial charge on any atom is 1.00 e. The largest absolute Gasteiger partial charge is 1.00 e. The van der Waals surface area contributed by atoms with Gasteiger partial charge in [-0.3, -0.25) is 18.5 Å². The van der Waals surface area contributed by atoms with Gasteiger partial charge in [0.1, 0.15) is 48.6 Å². The zero-order chi connectivity index (χ0) is 36.2. The Morgan fingerprint density at radius 3 is 1.74 bits per heavy atom. The smallest absolute Gasteiger partial charge is 0.491 e. The molecule has 1 atom stereocenters. The molecule has 0 radical (unpaired) electrons. The fraction of sp³-hybridized carbons (Fsp3) is 0.258. The molecule has 11 nitrogen and oxygen atoms in total. The number of alkyl halides is 6. The van der Waals surface area contributed by atoms with E-state index in [1.54, 1.807) is 12.1 Å². The number of Topliss-reactive ketones (excluding diaryl/α,β-unsaturated/α-hetero) is 1. The van der Waals surface area contributed by atoms with Gasteiger partial charge in [-0.15, -0.1) is 0 Å². The van der Waals surface area contributed by atoms with E-state index in [0.717, 1.165) is 24.3 Å². The average Bonchev–Trinajstić information content (AvgIpc) is 3.04. The van der Waals surface area contributed by atoms with Gasteiger partial charge in [0.15, 0.2) is 5.78 Å². The molecule has 262 valence electrons. The fourth-order valence-corrected chi connectivity index (χ4v) is 4.66. The van der Waals surface area contributed by atoms with Crippen LogP contribution < -0.4 is 72.9 Å². The van der Waals surface area contributed by atoms with Gasteiger partial charge in [-0.2, -0.15) is 26.3 Å². The third-order valence-corrected chi connectivity index (χ3v) is 7.01. The van der Waals surface area contributed by atoms with Crippen molar-refractivity contribution in [2.24, 2.45) is 0 Å². The van der Waals surface area contributed by atoms with Crippen molar-refractivity contribution in [2.75, 3.05) is 19.8 Å². The molecule has 0 bridgehead atoms. The Bertz CT molecular complexity index is 1800. The van der Waals surface area contributed by atoms with Crippen molar-refractivity contribution in [1.29, 1.82) is 0 Å². The van der Waals surface area contributed by atoms with Crippen molar-refractivity contribution >= 4 is 5.78 Å². The molecule has 2 N–H and O–H groups in total. The number of pyridine rings is 2. The second-order valence-electron chi connectivity index (χ2n) is 10.4. The van der Waals surface area contributed by atoms with Crippen LogP contribution in [0.1, 0.15) is 40.2 Å². The average molecular weight is 832 g/mol. The Kier molecular flexibility index (Phi) is 13.8. The van der Waals surface area contributed by atoms with Crippen LogP contribution in [-0.4, -0.2) is 45.8 Å². The Balaban J connectivity index is 0.000000235. The SMILES string of the molecule is O=C1CCOc2ccc(-c3cccc(C(F)(F)F)c3)nc21.OCC1(O)CCOc2ccc(-c3cccc(C(F)(F)F)c3)nc21.[Na+].[O-][I+3]([O-])([O-])[O-]. The molecule has 0 aliphatic carbocycles. The van der Waals surface area contributed by atoms with E-state index in [-0.39, 0.29) is 77.4 Å². The zero-order valence-corrected chi connectivity index (χ0v) is 29.9. The summed E-state index contributed by atoms with van der Waals surface area (Å²) < 4.78 is 122. The number of carbonyl (C=O) groups excluding carboxylic acids is 1. The van der Waals surface area contributed by atoms with Gasteiger partial charge in [0, 0.05) is 24.0 Å². The van der Waals surface area contributed by atoms with Gasteiger partial charge >= 0.3 is 41.9 Å². The number of carbonyl (C=O) groups is 1. The first-order valence-corrected chi connectivity index (χ1v) is 17.4. The quantitative estimate of drug-likeness (QED) is 0.115. The maximum atomic E-state index is 12.8. The van der Waals surface area contributed by atoms with Crippen molar-refractivity contribution in [2.45, 2.75) is 30.8 Å². The number of hydrogen-bond donors (Lipinski definition) is 2. The van der Waals surface area contributed by atoms with Crippen molar-refractivity contribution in [3.63, 3.8) is 0 Å². The number of nitrogens with zero attached hydrogens (tertiary/aromatic N) is 2. The van der Waals surface area contributed by atoms with Crippen molar-refractivity contribution < 1.29 is 114 Å². The molecular formula is C31H24F6IN2NaO9. The summed E-state index contributed by atoms with van der Waals surface area (Å²) in [6.07, 6.45) is -8.47. The summed E-state index contributed by atoms with van der Waals surface area (Å²) in [6, 6.07) is 15.8. The van der Waals surface area contributed by atoms with Crippen LogP contribution >= 0.6 is 0 Å². The summed E-state index contributed by atoms with van der Waals surface area (Å²) in [5, 5.41) is 19.8. The molecule has 2 aromatic heterocycles. The summed E-state index contributed by atoms with van der Waals surface area (Å²) in [5.41, 5.74) is -1.58. The molecule has 2 aliphatic rings. The molecular weight excluding hydrogens is 808 g/mol. The zero-order valence-electron chi connectivity index (χ0n) is 25.8. The molecule has 6 rings (SSSR count). The Morgan fingerprint density at radius 2 is 1.24 bits per heavy atom. The van der Waals surface area contributed by atoms with E-state index in [1.807, 2.05) is 0 Å². The first-order valence-electron chi connectivity index (χ1n) is 13.9. The normalized spacial score (nSPS) is 16.8. The number of fused-ring (bicyclic) bond motifs is 2. The molecule has 50 heavy (non-hydrogen) atoms. The van der Waals surface area contributed by atoms with Crippen LogP contribution in [0.15, 0.2) is 72.8 Å². The van der Waals surface area contributed by atoms with Gasteiger partial charge < -0.3 is 19.7 Å². The van der Waals surface area contributed by atoms with Crippen LogP contribution in [0.2, 0.25) is 0 Å². The third-order valence-electron chi connectivity index (χ3n) is 7.01. The number of ketones is 1. The summed E-state index contributed by atoms with van der Waals surface area (Å²) in [5.74, 6) is 0.538. The molecule has 0 fully saturated rings. The van der Waals surface area contributed by atoms with Crippen molar-refractivity contribution in [1.82, 2.24) is 9.97 Å². The van der Waals surface area contributed by atoms with Crippen LogP contribution in [-0.2, 0) is 18.0 Å². The predicted octanol–water partition coefficient (Wildman–Crippen LogP) is -4.29. The van der Waals surface area contributed by atoms with Crippen LogP contribution in [0.3, 0.4) is 0 Å². The number of aliphatic hydroxyl groups excluding tert-OH is 1. The van der Waals surface area contributed by atoms with Gasteiger partial charge in [0.2, 0.25) is 0 Å². The third kappa shape index (κ3) is 11.0. The summed E-state index contributed by atoms with van der Waals surface area (Å²) in [7, 11) is 0. The first-order chi connectivity index (χ1) is 22.8.